The summed E-state index contributed by atoms with van der Waals surface area (Å²) in [5, 5.41) is 13.5. The maximum absolute atomic E-state index is 12.6. The largest absolute Gasteiger partial charge is 0.355 e. The van der Waals surface area contributed by atoms with Crippen molar-refractivity contribution in [3.63, 3.8) is 0 Å². The van der Waals surface area contributed by atoms with Gasteiger partial charge in [-0.05, 0) is 19.4 Å². The van der Waals surface area contributed by atoms with Gasteiger partial charge in [0.2, 0.25) is 15.9 Å². The summed E-state index contributed by atoms with van der Waals surface area (Å²) in [7, 11) is -3.94. The van der Waals surface area contributed by atoms with Gasteiger partial charge in [-0.1, -0.05) is 6.07 Å². The topological polar surface area (TPSA) is 110 Å². The van der Waals surface area contributed by atoms with Crippen LogP contribution < -0.4 is 5.32 Å². The van der Waals surface area contributed by atoms with E-state index < -0.39 is 14.9 Å². The number of hydrogen-bond acceptors (Lipinski definition) is 5. The highest BCUT2D eigenvalue weighted by Gasteiger charge is 2.31. The third-order valence-corrected chi connectivity index (χ3v) is 5.29. The van der Waals surface area contributed by atoms with Gasteiger partial charge in [-0.2, -0.15) is 4.31 Å². The molecule has 1 aromatic rings. The fourth-order valence-corrected chi connectivity index (χ4v) is 3.88. The quantitative estimate of drug-likeness (QED) is 0.642. The Morgan fingerprint density at radius 3 is 2.76 bits per heavy atom. The maximum atomic E-state index is 12.6. The van der Waals surface area contributed by atoms with Gasteiger partial charge >= 0.3 is 0 Å². The molecule has 1 heterocycles. The molecule has 1 amide bonds. The van der Waals surface area contributed by atoms with Gasteiger partial charge in [0.05, 0.1) is 16.4 Å². The van der Waals surface area contributed by atoms with Crippen molar-refractivity contribution < 1.29 is 18.1 Å². The third-order valence-electron chi connectivity index (χ3n) is 3.30. The molecule has 0 bridgehead atoms. The first-order valence-corrected chi connectivity index (χ1v) is 7.79. The molecular weight excluding hydrogens is 298 g/mol. The number of sulfonamides is 1. The Hall–Kier alpha value is -2.00. The van der Waals surface area contributed by atoms with Gasteiger partial charge in [0.25, 0.3) is 5.69 Å². The average molecular weight is 313 g/mol. The number of nitrogens with zero attached hydrogens (tertiary/aromatic N) is 2. The maximum Gasteiger partial charge on any atom is 0.273 e. The fraction of sp³-hybridized carbons (Fsp3) is 0.417. The Balaban J connectivity index is 2.46. The number of benzene rings is 1. The van der Waals surface area contributed by atoms with Crippen molar-refractivity contribution in [3.8, 4) is 0 Å². The van der Waals surface area contributed by atoms with Crippen molar-refractivity contribution >= 4 is 21.6 Å². The third kappa shape index (κ3) is 3.03. The molecule has 1 aliphatic heterocycles. The molecule has 0 radical (unpaired) electrons. The van der Waals surface area contributed by atoms with Gasteiger partial charge in [0.1, 0.15) is 0 Å². The second-order valence-corrected chi connectivity index (χ2v) is 6.61. The molecular formula is C12H15N3O5S. The summed E-state index contributed by atoms with van der Waals surface area (Å²) in [6.07, 6.45) is 0.499. The molecule has 0 aliphatic carbocycles. The molecule has 1 fully saturated rings. The molecule has 114 valence electrons. The number of carbonyl (C=O) groups is 1. The predicted octanol–water partition coefficient (Wildman–Crippen LogP) is 0.414. The van der Waals surface area contributed by atoms with E-state index in [2.05, 4.69) is 5.32 Å². The summed E-state index contributed by atoms with van der Waals surface area (Å²) in [6.45, 7) is 1.73. The van der Waals surface area contributed by atoms with Crippen LogP contribution in [0.4, 0.5) is 5.69 Å². The van der Waals surface area contributed by atoms with E-state index in [0.717, 1.165) is 4.31 Å². The van der Waals surface area contributed by atoms with Crippen molar-refractivity contribution in [1.82, 2.24) is 9.62 Å². The summed E-state index contributed by atoms with van der Waals surface area (Å²) >= 11 is 0. The van der Waals surface area contributed by atoms with Crippen LogP contribution >= 0.6 is 0 Å². The summed E-state index contributed by atoms with van der Waals surface area (Å²) < 4.78 is 26.3. The van der Waals surface area contributed by atoms with Gasteiger partial charge in [0.15, 0.2) is 0 Å². The zero-order valence-corrected chi connectivity index (χ0v) is 12.2. The lowest BCUT2D eigenvalue weighted by atomic mass is 10.2. The number of carbonyl (C=O) groups excluding carboxylic acids is 1. The Bertz CT molecular complexity index is 686. The number of amides is 1. The van der Waals surface area contributed by atoms with E-state index in [1.807, 2.05) is 0 Å². The number of rotatable bonds is 3. The SMILES string of the molecule is Cc1c([N+](=O)[O-])cccc1S(=O)(=O)N1CCCNC(=O)C1. The summed E-state index contributed by atoms with van der Waals surface area (Å²) in [6, 6.07) is 3.90. The van der Waals surface area contributed by atoms with Gasteiger partial charge in [-0.25, -0.2) is 8.42 Å². The lowest BCUT2D eigenvalue weighted by molar-refractivity contribution is -0.385. The molecule has 0 aromatic heterocycles. The Kier molecular flexibility index (Phi) is 4.24. The molecule has 0 spiro atoms. The molecule has 2 rings (SSSR count). The van der Waals surface area contributed by atoms with Crippen molar-refractivity contribution in [2.24, 2.45) is 0 Å². The highest BCUT2D eigenvalue weighted by atomic mass is 32.2. The smallest absolute Gasteiger partial charge is 0.273 e. The Morgan fingerprint density at radius 1 is 1.38 bits per heavy atom. The highest BCUT2D eigenvalue weighted by Crippen LogP contribution is 2.27. The van der Waals surface area contributed by atoms with Gasteiger partial charge in [-0.15, -0.1) is 0 Å². The molecule has 1 saturated heterocycles. The monoisotopic (exact) mass is 313 g/mol. The minimum Gasteiger partial charge on any atom is -0.355 e. The fourth-order valence-electron chi connectivity index (χ4n) is 2.20. The van der Waals surface area contributed by atoms with Crippen molar-refractivity contribution in [2.45, 2.75) is 18.2 Å². The van der Waals surface area contributed by atoms with Gasteiger partial charge in [-0.3, -0.25) is 14.9 Å². The number of nitrogens with one attached hydrogen (secondary N) is 1. The van der Waals surface area contributed by atoms with Crippen molar-refractivity contribution in [2.75, 3.05) is 19.6 Å². The second-order valence-electron chi connectivity index (χ2n) is 4.70. The van der Waals surface area contributed by atoms with E-state index in [1.54, 1.807) is 0 Å². The van der Waals surface area contributed by atoms with Gasteiger partial charge in [0, 0.05) is 24.7 Å². The molecule has 9 heteroatoms. The van der Waals surface area contributed by atoms with Crippen LogP contribution in [0.2, 0.25) is 0 Å². The molecule has 0 atom stereocenters. The van der Waals surface area contributed by atoms with Crippen LogP contribution in [-0.2, 0) is 14.8 Å². The number of nitro groups is 1. The van der Waals surface area contributed by atoms with E-state index in [-0.39, 0.29) is 35.1 Å². The van der Waals surface area contributed by atoms with E-state index >= 15 is 0 Å². The van der Waals surface area contributed by atoms with Crippen LogP contribution in [0, 0.1) is 17.0 Å². The lowest BCUT2D eigenvalue weighted by Gasteiger charge is -2.19. The van der Waals surface area contributed by atoms with Crippen molar-refractivity contribution in [3.05, 3.63) is 33.9 Å². The first-order chi connectivity index (χ1) is 9.84. The van der Waals surface area contributed by atoms with Crippen LogP contribution in [0.5, 0.6) is 0 Å². The summed E-state index contributed by atoms with van der Waals surface area (Å²) in [5.41, 5.74) is -0.178. The van der Waals surface area contributed by atoms with Crippen molar-refractivity contribution in [1.29, 1.82) is 0 Å². The van der Waals surface area contributed by atoms with E-state index in [4.69, 9.17) is 0 Å². The van der Waals surface area contributed by atoms with E-state index in [9.17, 15) is 23.3 Å². The Labute approximate surface area is 122 Å². The molecule has 21 heavy (non-hydrogen) atoms. The van der Waals surface area contributed by atoms with Crippen LogP contribution in [0.3, 0.4) is 0 Å². The first-order valence-electron chi connectivity index (χ1n) is 6.35. The highest BCUT2D eigenvalue weighted by molar-refractivity contribution is 7.89. The minimum absolute atomic E-state index is 0.0761. The average Bonchev–Trinajstić information content (AvgIpc) is 2.63. The minimum atomic E-state index is -3.94. The standard InChI is InChI=1S/C12H15N3O5S/c1-9-10(15(17)18)4-2-5-11(9)21(19,20)14-7-3-6-13-12(16)8-14/h2,4-5H,3,6-8H2,1H3,(H,13,16). The molecule has 1 N–H and O–H groups in total. The molecule has 0 saturated carbocycles. The number of hydrogen-bond donors (Lipinski definition) is 1. The lowest BCUT2D eigenvalue weighted by Crippen LogP contribution is -2.37. The summed E-state index contributed by atoms with van der Waals surface area (Å²) in [4.78, 5) is 21.7. The molecule has 8 nitrogen and oxygen atoms in total. The zero-order chi connectivity index (χ0) is 15.6. The second kappa shape index (κ2) is 5.78. The van der Waals surface area contributed by atoms with E-state index in [0.29, 0.717) is 13.0 Å². The zero-order valence-electron chi connectivity index (χ0n) is 11.4. The van der Waals surface area contributed by atoms with Crippen LogP contribution in [0.15, 0.2) is 23.1 Å². The number of nitro benzene ring substituents is 1. The Morgan fingerprint density at radius 2 is 2.10 bits per heavy atom. The summed E-state index contributed by atoms with van der Waals surface area (Å²) in [5.74, 6) is -0.376. The first kappa shape index (κ1) is 15.4. The van der Waals surface area contributed by atoms with Crippen LogP contribution in [0.1, 0.15) is 12.0 Å². The van der Waals surface area contributed by atoms with Gasteiger partial charge < -0.3 is 5.32 Å². The molecule has 1 aromatic carbocycles. The van der Waals surface area contributed by atoms with Crippen LogP contribution in [-0.4, -0.2) is 43.2 Å². The normalized spacial score (nSPS) is 17.1. The van der Waals surface area contributed by atoms with Crippen LogP contribution in [0.25, 0.3) is 0 Å². The molecule has 1 aliphatic rings. The van der Waals surface area contributed by atoms with E-state index in [1.165, 1.54) is 25.1 Å². The predicted molar refractivity (Wildman–Crippen MR) is 74.2 cm³/mol. The molecule has 0 unspecified atom stereocenters.